The Hall–Kier alpha value is -2.79. The van der Waals surface area contributed by atoms with Crippen molar-refractivity contribution in [2.24, 2.45) is 0 Å². The van der Waals surface area contributed by atoms with Gasteiger partial charge in [0.25, 0.3) is 17.3 Å². The number of anilines is 1. The van der Waals surface area contributed by atoms with Gasteiger partial charge in [0.2, 0.25) is 0 Å². The van der Waals surface area contributed by atoms with E-state index in [2.05, 4.69) is 0 Å². The van der Waals surface area contributed by atoms with Gasteiger partial charge in [-0.3, -0.25) is 30.2 Å². The first-order valence-corrected chi connectivity index (χ1v) is 6.19. The summed E-state index contributed by atoms with van der Waals surface area (Å²) in [5.41, 5.74) is -0.404. The zero-order chi connectivity index (χ0) is 16.3. The third-order valence-electron chi connectivity index (χ3n) is 3.15. The quantitative estimate of drug-likeness (QED) is 0.462. The fourth-order valence-electron chi connectivity index (χ4n) is 2.19. The van der Waals surface area contributed by atoms with Gasteiger partial charge in [-0.1, -0.05) is 0 Å². The van der Waals surface area contributed by atoms with E-state index in [0.717, 1.165) is 12.1 Å². The molecule has 1 aromatic carbocycles. The van der Waals surface area contributed by atoms with Gasteiger partial charge in [0.05, 0.1) is 28.6 Å². The molecule has 0 saturated carbocycles. The molecule has 1 saturated heterocycles. The second-order valence-electron chi connectivity index (χ2n) is 4.42. The maximum Gasteiger partial charge on any atom is 0.300 e. The van der Waals surface area contributed by atoms with Gasteiger partial charge >= 0.3 is 0 Å². The van der Waals surface area contributed by atoms with Gasteiger partial charge in [-0.2, -0.15) is 0 Å². The first kappa shape index (κ1) is 15.6. The van der Waals surface area contributed by atoms with Crippen LogP contribution in [0.4, 0.5) is 17.1 Å². The number of benzene rings is 1. The number of carbonyl (C=O) groups is 1. The third-order valence-corrected chi connectivity index (χ3v) is 3.15. The summed E-state index contributed by atoms with van der Waals surface area (Å²) in [7, 11) is 0. The lowest BCUT2D eigenvalue weighted by atomic mass is 10.1. The Morgan fingerprint density at radius 2 is 1.68 bits per heavy atom. The normalized spacial score (nSPS) is 14.5. The highest BCUT2D eigenvalue weighted by atomic mass is 16.6. The van der Waals surface area contributed by atoms with Gasteiger partial charge in [0.15, 0.2) is 5.69 Å². The summed E-state index contributed by atoms with van der Waals surface area (Å²) >= 11 is 0. The molecule has 2 N–H and O–H groups in total. The maximum atomic E-state index is 11.4. The second-order valence-corrected chi connectivity index (χ2v) is 4.42. The fraction of sp³-hybridized carbons (Fsp3) is 0.364. The second kappa shape index (κ2) is 6.32. The largest absolute Gasteiger partial charge is 0.378 e. The van der Waals surface area contributed by atoms with Gasteiger partial charge in [-0.15, -0.1) is 0 Å². The number of amides is 1. The van der Waals surface area contributed by atoms with Crippen LogP contribution >= 0.6 is 0 Å². The summed E-state index contributed by atoms with van der Waals surface area (Å²) in [6.07, 6.45) is 0. The topological polar surface area (TPSA) is 148 Å². The predicted molar refractivity (Wildman–Crippen MR) is 72.0 cm³/mol. The minimum Gasteiger partial charge on any atom is -0.378 e. The molecule has 0 spiro atoms. The van der Waals surface area contributed by atoms with Gasteiger partial charge in [-0.05, 0) is 0 Å². The fourth-order valence-corrected chi connectivity index (χ4v) is 2.19. The molecule has 0 bridgehead atoms. The zero-order valence-electron chi connectivity index (χ0n) is 11.2. The number of rotatable bonds is 4. The number of hydrogen-bond acceptors (Lipinski definition) is 8. The number of nitro benzene ring substituents is 2. The lowest BCUT2D eigenvalue weighted by Crippen LogP contribution is -2.37. The Balaban J connectivity index is 2.64. The van der Waals surface area contributed by atoms with Crippen molar-refractivity contribution in [3.8, 4) is 0 Å². The van der Waals surface area contributed by atoms with Crippen molar-refractivity contribution in [3.63, 3.8) is 0 Å². The number of ether oxygens (including phenoxy) is 1. The van der Waals surface area contributed by atoms with Gasteiger partial charge in [-0.25, -0.2) is 5.48 Å². The van der Waals surface area contributed by atoms with E-state index in [1.165, 1.54) is 10.4 Å². The van der Waals surface area contributed by atoms with Crippen molar-refractivity contribution in [1.82, 2.24) is 5.48 Å². The van der Waals surface area contributed by atoms with E-state index in [4.69, 9.17) is 9.94 Å². The molecule has 11 heteroatoms. The van der Waals surface area contributed by atoms with Crippen LogP contribution in [-0.4, -0.2) is 47.3 Å². The molecule has 1 aliphatic heterocycles. The summed E-state index contributed by atoms with van der Waals surface area (Å²) in [6.45, 7) is 1.08. The number of nitrogens with one attached hydrogen (secondary N) is 1. The van der Waals surface area contributed by atoms with Gasteiger partial charge in [0.1, 0.15) is 0 Å². The van der Waals surface area contributed by atoms with Crippen molar-refractivity contribution < 1.29 is 24.6 Å². The monoisotopic (exact) mass is 312 g/mol. The predicted octanol–water partition coefficient (Wildman–Crippen LogP) is 0.459. The average molecular weight is 312 g/mol. The summed E-state index contributed by atoms with van der Waals surface area (Å²) in [5, 5.41) is 31.1. The lowest BCUT2D eigenvalue weighted by Gasteiger charge is -2.28. The van der Waals surface area contributed by atoms with Crippen LogP contribution in [0.25, 0.3) is 0 Å². The average Bonchev–Trinajstić information content (AvgIpc) is 2.53. The van der Waals surface area contributed by atoms with E-state index >= 15 is 0 Å². The Bertz CT molecular complexity index is 592. The Labute approximate surface area is 123 Å². The number of nitro groups is 2. The van der Waals surface area contributed by atoms with Crippen molar-refractivity contribution in [3.05, 3.63) is 37.9 Å². The van der Waals surface area contributed by atoms with Crippen molar-refractivity contribution in [2.45, 2.75) is 0 Å². The molecule has 0 aromatic heterocycles. The lowest BCUT2D eigenvalue weighted by molar-refractivity contribution is -0.392. The van der Waals surface area contributed by atoms with Crippen molar-refractivity contribution >= 4 is 23.0 Å². The van der Waals surface area contributed by atoms with Crippen LogP contribution in [-0.2, 0) is 4.74 Å². The first-order valence-electron chi connectivity index (χ1n) is 6.19. The molecule has 11 nitrogen and oxygen atoms in total. The molecular weight excluding hydrogens is 300 g/mol. The SMILES string of the molecule is O=C(NO)c1cc([N+](=O)[O-])c(N2CCOCC2)c([N+](=O)[O-])c1. The van der Waals surface area contributed by atoms with Crippen molar-refractivity contribution in [1.29, 1.82) is 0 Å². The molecule has 118 valence electrons. The van der Waals surface area contributed by atoms with E-state index in [9.17, 15) is 25.0 Å². The third kappa shape index (κ3) is 2.94. The molecule has 1 amide bonds. The van der Waals surface area contributed by atoms with Crippen LogP contribution in [0.5, 0.6) is 0 Å². The van der Waals surface area contributed by atoms with Crippen LogP contribution in [0.1, 0.15) is 10.4 Å². The summed E-state index contributed by atoms with van der Waals surface area (Å²) in [6, 6.07) is 1.78. The number of morpholine rings is 1. The van der Waals surface area contributed by atoms with E-state index in [0.29, 0.717) is 0 Å². The van der Waals surface area contributed by atoms with Gasteiger partial charge in [0, 0.05) is 25.2 Å². The highest BCUT2D eigenvalue weighted by Crippen LogP contribution is 2.39. The van der Waals surface area contributed by atoms with Crippen LogP contribution < -0.4 is 10.4 Å². The summed E-state index contributed by atoms with van der Waals surface area (Å²) in [4.78, 5) is 33.8. The molecule has 0 atom stereocenters. The molecule has 0 unspecified atom stereocenters. The Kier molecular flexibility index (Phi) is 4.48. The van der Waals surface area contributed by atoms with E-state index in [1.54, 1.807) is 0 Å². The highest BCUT2D eigenvalue weighted by Gasteiger charge is 2.33. The maximum absolute atomic E-state index is 11.4. The molecule has 1 aliphatic rings. The molecule has 0 radical (unpaired) electrons. The molecule has 22 heavy (non-hydrogen) atoms. The number of nitrogens with zero attached hydrogens (tertiary/aromatic N) is 3. The Morgan fingerprint density at radius 1 is 1.18 bits per heavy atom. The number of hydrogen-bond donors (Lipinski definition) is 2. The number of hydroxylamine groups is 1. The number of carbonyl (C=O) groups excluding carboxylic acids is 1. The van der Waals surface area contributed by atoms with Crippen molar-refractivity contribution in [2.75, 3.05) is 31.2 Å². The smallest absolute Gasteiger partial charge is 0.300 e. The Morgan fingerprint density at radius 3 is 2.09 bits per heavy atom. The van der Waals surface area contributed by atoms with E-state index in [-0.39, 0.29) is 37.6 Å². The van der Waals surface area contributed by atoms with Crippen LogP contribution in [0.2, 0.25) is 0 Å². The van der Waals surface area contributed by atoms with E-state index in [1.807, 2.05) is 0 Å². The van der Waals surface area contributed by atoms with Crippen LogP contribution in [0, 0.1) is 20.2 Å². The first-order chi connectivity index (χ1) is 10.5. The summed E-state index contributed by atoms with van der Waals surface area (Å²) in [5.74, 6) is -1.07. The van der Waals surface area contributed by atoms with Crippen LogP contribution in [0.3, 0.4) is 0 Å². The zero-order valence-corrected chi connectivity index (χ0v) is 11.2. The van der Waals surface area contributed by atoms with E-state index < -0.39 is 27.1 Å². The standard InChI is InChI=1S/C11H12N4O7/c16-11(12-17)7-5-8(14(18)19)10(9(6-7)15(20)21)13-1-3-22-4-2-13/h5-6,17H,1-4H2,(H,12,16). The highest BCUT2D eigenvalue weighted by molar-refractivity contribution is 5.97. The molecule has 1 heterocycles. The molecule has 1 fully saturated rings. The molecule has 1 aromatic rings. The minimum atomic E-state index is -1.07. The molecule has 0 aliphatic carbocycles. The van der Waals surface area contributed by atoms with Crippen LogP contribution in [0.15, 0.2) is 12.1 Å². The minimum absolute atomic E-state index is 0.173. The summed E-state index contributed by atoms with van der Waals surface area (Å²) < 4.78 is 5.12. The molecule has 2 rings (SSSR count). The van der Waals surface area contributed by atoms with Gasteiger partial charge < -0.3 is 9.64 Å². The molecular formula is C11H12N4O7.